The van der Waals surface area contributed by atoms with Crippen molar-refractivity contribution in [2.75, 3.05) is 33.4 Å². The highest BCUT2D eigenvalue weighted by Gasteiger charge is 2.15. The molecule has 0 spiro atoms. The lowest BCUT2D eigenvalue weighted by Crippen LogP contribution is -2.36. The first-order chi connectivity index (χ1) is 9.58. The van der Waals surface area contributed by atoms with Crippen molar-refractivity contribution in [1.82, 2.24) is 4.90 Å². The molecule has 6 heteroatoms. The van der Waals surface area contributed by atoms with Crippen molar-refractivity contribution in [2.24, 2.45) is 5.73 Å². The molecule has 0 aliphatic heterocycles. The SMILES string of the molecule is COCCN(CCCN)C(=O)Cc1ccc(F)cc1F. The van der Waals surface area contributed by atoms with Gasteiger partial charge in [0, 0.05) is 26.3 Å². The molecule has 0 unspecified atom stereocenters. The average Bonchev–Trinajstić information content (AvgIpc) is 2.42. The van der Waals surface area contributed by atoms with Crippen LogP contribution in [0.25, 0.3) is 0 Å². The lowest BCUT2D eigenvalue weighted by atomic mass is 10.1. The smallest absolute Gasteiger partial charge is 0.227 e. The zero-order chi connectivity index (χ0) is 15.0. The molecule has 1 aromatic rings. The second-order valence-electron chi connectivity index (χ2n) is 4.43. The third-order valence-electron chi connectivity index (χ3n) is 2.91. The van der Waals surface area contributed by atoms with Crippen LogP contribution in [0, 0.1) is 11.6 Å². The number of nitrogens with zero attached hydrogens (tertiary/aromatic N) is 1. The maximum Gasteiger partial charge on any atom is 0.227 e. The van der Waals surface area contributed by atoms with E-state index < -0.39 is 11.6 Å². The van der Waals surface area contributed by atoms with Gasteiger partial charge in [0.15, 0.2) is 0 Å². The van der Waals surface area contributed by atoms with Gasteiger partial charge in [-0.3, -0.25) is 4.79 Å². The number of amides is 1. The summed E-state index contributed by atoms with van der Waals surface area (Å²) in [6, 6.07) is 3.22. The summed E-state index contributed by atoms with van der Waals surface area (Å²) in [7, 11) is 1.55. The van der Waals surface area contributed by atoms with E-state index in [0.717, 1.165) is 12.1 Å². The Kier molecular flexibility index (Phi) is 7.11. The van der Waals surface area contributed by atoms with Gasteiger partial charge in [-0.25, -0.2) is 8.78 Å². The molecule has 0 aliphatic rings. The van der Waals surface area contributed by atoms with E-state index in [4.69, 9.17) is 10.5 Å². The summed E-state index contributed by atoms with van der Waals surface area (Å²) in [5, 5.41) is 0. The van der Waals surface area contributed by atoms with Crippen molar-refractivity contribution >= 4 is 5.91 Å². The van der Waals surface area contributed by atoms with E-state index in [2.05, 4.69) is 0 Å². The Morgan fingerprint density at radius 3 is 2.70 bits per heavy atom. The number of hydrogen-bond acceptors (Lipinski definition) is 3. The van der Waals surface area contributed by atoms with Crippen LogP contribution in [0.2, 0.25) is 0 Å². The van der Waals surface area contributed by atoms with Crippen LogP contribution in [0.15, 0.2) is 18.2 Å². The molecule has 0 atom stereocenters. The Labute approximate surface area is 117 Å². The Bertz CT molecular complexity index is 433. The van der Waals surface area contributed by atoms with E-state index in [1.807, 2.05) is 0 Å². The molecular weight excluding hydrogens is 266 g/mol. The minimum Gasteiger partial charge on any atom is -0.383 e. The van der Waals surface area contributed by atoms with E-state index in [-0.39, 0.29) is 17.9 Å². The molecule has 0 fully saturated rings. The van der Waals surface area contributed by atoms with Gasteiger partial charge in [-0.15, -0.1) is 0 Å². The topological polar surface area (TPSA) is 55.6 Å². The molecule has 0 aliphatic carbocycles. The number of hydrogen-bond donors (Lipinski definition) is 1. The van der Waals surface area contributed by atoms with Crippen molar-refractivity contribution in [1.29, 1.82) is 0 Å². The van der Waals surface area contributed by atoms with Gasteiger partial charge in [0.05, 0.1) is 13.0 Å². The molecule has 0 heterocycles. The second kappa shape index (κ2) is 8.60. The number of rotatable bonds is 8. The minimum atomic E-state index is -0.705. The molecule has 1 aromatic carbocycles. The van der Waals surface area contributed by atoms with Crippen LogP contribution in [-0.2, 0) is 16.0 Å². The van der Waals surface area contributed by atoms with Gasteiger partial charge >= 0.3 is 0 Å². The van der Waals surface area contributed by atoms with Gasteiger partial charge in [0.1, 0.15) is 11.6 Å². The summed E-state index contributed by atoms with van der Waals surface area (Å²) in [6.45, 7) is 1.81. The largest absolute Gasteiger partial charge is 0.383 e. The van der Waals surface area contributed by atoms with Crippen LogP contribution in [0.5, 0.6) is 0 Å². The number of halogens is 2. The van der Waals surface area contributed by atoms with E-state index in [9.17, 15) is 13.6 Å². The summed E-state index contributed by atoms with van der Waals surface area (Å²) < 4.78 is 31.3. The molecule has 0 saturated heterocycles. The first-order valence-electron chi connectivity index (χ1n) is 6.49. The zero-order valence-corrected chi connectivity index (χ0v) is 11.6. The Hall–Kier alpha value is -1.53. The molecule has 0 radical (unpaired) electrons. The van der Waals surface area contributed by atoms with Crippen LogP contribution in [0.1, 0.15) is 12.0 Å². The van der Waals surface area contributed by atoms with Gasteiger partial charge in [0.25, 0.3) is 0 Å². The summed E-state index contributed by atoms with van der Waals surface area (Å²) in [5.74, 6) is -1.58. The molecule has 0 bridgehead atoms. The number of carbonyl (C=O) groups excluding carboxylic acids is 1. The minimum absolute atomic E-state index is 0.0968. The molecule has 112 valence electrons. The van der Waals surface area contributed by atoms with Crippen molar-refractivity contribution in [3.8, 4) is 0 Å². The number of ether oxygens (including phenoxy) is 1. The lowest BCUT2D eigenvalue weighted by molar-refractivity contribution is -0.131. The molecule has 0 saturated carbocycles. The lowest BCUT2D eigenvalue weighted by Gasteiger charge is -2.22. The molecule has 1 rings (SSSR count). The summed E-state index contributed by atoms with van der Waals surface area (Å²) in [6.07, 6.45) is 0.571. The Morgan fingerprint density at radius 2 is 2.10 bits per heavy atom. The van der Waals surface area contributed by atoms with Crippen LogP contribution >= 0.6 is 0 Å². The number of carbonyl (C=O) groups is 1. The van der Waals surface area contributed by atoms with Crippen molar-refractivity contribution in [2.45, 2.75) is 12.8 Å². The van der Waals surface area contributed by atoms with E-state index in [1.54, 1.807) is 12.0 Å². The number of nitrogens with two attached hydrogens (primary N) is 1. The van der Waals surface area contributed by atoms with E-state index >= 15 is 0 Å². The Morgan fingerprint density at radius 1 is 1.35 bits per heavy atom. The molecule has 2 N–H and O–H groups in total. The third kappa shape index (κ3) is 5.22. The van der Waals surface area contributed by atoms with Crippen molar-refractivity contribution in [3.05, 3.63) is 35.4 Å². The van der Waals surface area contributed by atoms with Gasteiger partial charge in [0.2, 0.25) is 5.91 Å². The van der Waals surface area contributed by atoms with Crippen LogP contribution in [-0.4, -0.2) is 44.2 Å². The molecule has 4 nitrogen and oxygen atoms in total. The summed E-state index contributed by atoms with van der Waals surface area (Å²) >= 11 is 0. The zero-order valence-electron chi connectivity index (χ0n) is 11.6. The fourth-order valence-corrected chi connectivity index (χ4v) is 1.78. The van der Waals surface area contributed by atoms with Gasteiger partial charge < -0.3 is 15.4 Å². The maximum atomic E-state index is 13.5. The highest BCUT2D eigenvalue weighted by molar-refractivity contribution is 5.78. The van der Waals surface area contributed by atoms with Crippen molar-refractivity contribution in [3.63, 3.8) is 0 Å². The summed E-state index contributed by atoms with van der Waals surface area (Å²) in [4.78, 5) is 13.7. The molecule has 20 heavy (non-hydrogen) atoms. The molecule has 0 aromatic heterocycles. The van der Waals surface area contributed by atoms with Crippen molar-refractivity contribution < 1.29 is 18.3 Å². The van der Waals surface area contributed by atoms with Gasteiger partial charge in [-0.2, -0.15) is 0 Å². The maximum absolute atomic E-state index is 13.5. The van der Waals surface area contributed by atoms with Gasteiger partial charge in [-0.1, -0.05) is 6.07 Å². The average molecular weight is 286 g/mol. The van der Waals surface area contributed by atoms with E-state index in [1.165, 1.54) is 6.07 Å². The van der Waals surface area contributed by atoms with Gasteiger partial charge in [-0.05, 0) is 24.6 Å². The van der Waals surface area contributed by atoms with E-state index in [0.29, 0.717) is 32.7 Å². The first-order valence-corrected chi connectivity index (χ1v) is 6.49. The highest BCUT2D eigenvalue weighted by atomic mass is 19.1. The third-order valence-corrected chi connectivity index (χ3v) is 2.91. The standard InChI is InChI=1S/C14H20F2N2O2/c1-20-8-7-18(6-2-5-17)14(19)9-11-3-4-12(15)10-13(11)16/h3-4,10H,2,5-9,17H2,1H3. The second-order valence-corrected chi connectivity index (χ2v) is 4.43. The van der Waals surface area contributed by atoms with Crippen LogP contribution < -0.4 is 5.73 Å². The quantitative estimate of drug-likeness (QED) is 0.784. The fourth-order valence-electron chi connectivity index (χ4n) is 1.78. The first kappa shape index (κ1) is 16.5. The molecular formula is C14H20F2N2O2. The summed E-state index contributed by atoms with van der Waals surface area (Å²) in [5.41, 5.74) is 5.61. The number of benzene rings is 1. The Balaban J connectivity index is 2.68. The number of methoxy groups -OCH3 is 1. The monoisotopic (exact) mass is 286 g/mol. The molecule has 1 amide bonds. The normalized spacial score (nSPS) is 10.6. The predicted molar refractivity (Wildman–Crippen MR) is 72.2 cm³/mol. The fraction of sp³-hybridized carbons (Fsp3) is 0.500. The van der Waals surface area contributed by atoms with Crippen LogP contribution in [0.3, 0.4) is 0 Å². The van der Waals surface area contributed by atoms with Crippen LogP contribution in [0.4, 0.5) is 8.78 Å². The highest BCUT2D eigenvalue weighted by Crippen LogP contribution is 2.11. The predicted octanol–water partition coefficient (Wildman–Crippen LogP) is 1.33.